The van der Waals surface area contributed by atoms with Crippen LogP contribution >= 0.6 is 23.2 Å². The lowest BCUT2D eigenvalue weighted by Crippen LogP contribution is -2.38. The molecular formula is C18H18Cl2FN3O2. The van der Waals surface area contributed by atoms with Crippen molar-refractivity contribution in [3.8, 4) is 0 Å². The molecule has 0 aliphatic rings. The van der Waals surface area contributed by atoms with Crippen molar-refractivity contribution in [2.45, 2.75) is 6.92 Å². The van der Waals surface area contributed by atoms with E-state index in [9.17, 15) is 14.0 Å². The summed E-state index contributed by atoms with van der Waals surface area (Å²) >= 11 is 11.9. The van der Waals surface area contributed by atoms with Crippen molar-refractivity contribution in [3.63, 3.8) is 0 Å². The standard InChI is InChI=1S/C18H18Cl2FN3O2/c1-2-24(10-17(25)22-14-6-4-13(21)5-7-14)11-18(26)23-16-9-12(19)3-8-15(16)20/h3-9H,2,10-11H2,1H3,(H,22,25)(H,23,26). The molecule has 0 saturated heterocycles. The molecule has 0 unspecified atom stereocenters. The summed E-state index contributed by atoms with van der Waals surface area (Å²) < 4.78 is 12.9. The molecule has 0 saturated carbocycles. The van der Waals surface area contributed by atoms with E-state index in [0.29, 0.717) is 28.0 Å². The lowest BCUT2D eigenvalue weighted by molar-refractivity contribution is -0.119. The highest BCUT2D eigenvalue weighted by molar-refractivity contribution is 6.35. The summed E-state index contributed by atoms with van der Waals surface area (Å²) in [5.41, 5.74) is 0.901. The zero-order chi connectivity index (χ0) is 19.1. The number of nitrogens with one attached hydrogen (secondary N) is 2. The maximum Gasteiger partial charge on any atom is 0.238 e. The van der Waals surface area contributed by atoms with Crippen LogP contribution in [0.1, 0.15) is 6.92 Å². The van der Waals surface area contributed by atoms with Crippen molar-refractivity contribution in [2.24, 2.45) is 0 Å². The van der Waals surface area contributed by atoms with Gasteiger partial charge in [-0.15, -0.1) is 0 Å². The zero-order valence-corrected chi connectivity index (χ0v) is 15.6. The summed E-state index contributed by atoms with van der Waals surface area (Å²) in [5, 5.41) is 6.16. The highest BCUT2D eigenvalue weighted by Crippen LogP contribution is 2.25. The van der Waals surface area contributed by atoms with Crippen LogP contribution in [0.2, 0.25) is 10.0 Å². The van der Waals surface area contributed by atoms with Crippen molar-refractivity contribution < 1.29 is 14.0 Å². The number of anilines is 2. The normalized spacial score (nSPS) is 10.7. The summed E-state index contributed by atoms with van der Waals surface area (Å²) in [6.07, 6.45) is 0. The second-order valence-corrected chi connectivity index (χ2v) is 6.37. The molecule has 0 heterocycles. The van der Waals surface area contributed by atoms with Crippen LogP contribution in [0.25, 0.3) is 0 Å². The monoisotopic (exact) mass is 397 g/mol. The van der Waals surface area contributed by atoms with Crippen molar-refractivity contribution in [1.82, 2.24) is 4.90 Å². The average molecular weight is 398 g/mol. The van der Waals surface area contributed by atoms with Gasteiger partial charge in [-0.25, -0.2) is 4.39 Å². The first kappa shape index (κ1) is 20.2. The second-order valence-electron chi connectivity index (χ2n) is 5.53. The molecule has 2 aromatic carbocycles. The number of hydrogen-bond acceptors (Lipinski definition) is 3. The number of halogens is 3. The first-order chi connectivity index (χ1) is 12.4. The van der Waals surface area contributed by atoms with Gasteiger partial charge in [-0.3, -0.25) is 14.5 Å². The Morgan fingerprint density at radius 2 is 1.62 bits per heavy atom. The molecule has 5 nitrogen and oxygen atoms in total. The predicted molar refractivity (Wildman–Crippen MR) is 102 cm³/mol. The van der Waals surface area contributed by atoms with Crippen LogP contribution < -0.4 is 10.6 Å². The molecule has 0 spiro atoms. The number of rotatable bonds is 7. The lowest BCUT2D eigenvalue weighted by atomic mass is 10.3. The molecule has 0 aromatic heterocycles. The quantitative estimate of drug-likeness (QED) is 0.741. The second kappa shape index (κ2) is 9.52. The predicted octanol–water partition coefficient (Wildman–Crippen LogP) is 4.03. The van der Waals surface area contributed by atoms with Gasteiger partial charge in [-0.05, 0) is 49.0 Å². The van der Waals surface area contributed by atoms with E-state index >= 15 is 0 Å². The SMILES string of the molecule is CCN(CC(=O)Nc1ccc(F)cc1)CC(=O)Nc1cc(Cl)ccc1Cl. The molecule has 0 aliphatic heterocycles. The Morgan fingerprint density at radius 1 is 1.00 bits per heavy atom. The molecule has 0 atom stereocenters. The summed E-state index contributed by atoms with van der Waals surface area (Å²) in [7, 11) is 0. The lowest BCUT2D eigenvalue weighted by Gasteiger charge is -2.19. The van der Waals surface area contributed by atoms with E-state index in [1.54, 1.807) is 23.1 Å². The minimum absolute atomic E-state index is 0.0101. The molecular weight excluding hydrogens is 380 g/mol. The van der Waals surface area contributed by atoms with Crippen LogP contribution in [0, 0.1) is 5.82 Å². The Bertz CT molecular complexity index is 785. The average Bonchev–Trinajstić information content (AvgIpc) is 2.59. The molecule has 138 valence electrons. The van der Waals surface area contributed by atoms with E-state index in [2.05, 4.69) is 10.6 Å². The third-order valence-corrected chi connectivity index (χ3v) is 4.08. The van der Waals surface area contributed by atoms with Gasteiger partial charge in [0.15, 0.2) is 0 Å². The van der Waals surface area contributed by atoms with Gasteiger partial charge in [0.2, 0.25) is 11.8 Å². The molecule has 2 N–H and O–H groups in total. The third kappa shape index (κ3) is 6.29. The highest BCUT2D eigenvalue weighted by atomic mass is 35.5. The minimum atomic E-state index is -0.380. The summed E-state index contributed by atoms with van der Waals surface area (Å²) in [6, 6.07) is 10.2. The van der Waals surface area contributed by atoms with Crippen molar-refractivity contribution >= 4 is 46.4 Å². The highest BCUT2D eigenvalue weighted by Gasteiger charge is 2.14. The first-order valence-corrected chi connectivity index (χ1v) is 8.65. The maximum atomic E-state index is 12.9. The molecule has 26 heavy (non-hydrogen) atoms. The van der Waals surface area contributed by atoms with Gasteiger partial charge in [-0.1, -0.05) is 30.1 Å². The number of hydrogen-bond donors (Lipinski definition) is 2. The van der Waals surface area contributed by atoms with Gasteiger partial charge in [0.05, 0.1) is 23.8 Å². The van der Waals surface area contributed by atoms with Crippen LogP contribution in [0.4, 0.5) is 15.8 Å². The maximum absolute atomic E-state index is 12.9. The minimum Gasteiger partial charge on any atom is -0.325 e. The van der Waals surface area contributed by atoms with E-state index < -0.39 is 0 Å². The third-order valence-electron chi connectivity index (χ3n) is 3.51. The smallest absolute Gasteiger partial charge is 0.238 e. The molecule has 2 amide bonds. The van der Waals surface area contributed by atoms with E-state index in [-0.39, 0.29) is 30.7 Å². The van der Waals surface area contributed by atoms with E-state index in [1.165, 1.54) is 24.3 Å². The molecule has 2 rings (SSSR count). The fourth-order valence-corrected chi connectivity index (χ4v) is 2.54. The number of benzene rings is 2. The molecule has 0 radical (unpaired) electrons. The Hall–Kier alpha value is -2.15. The van der Waals surface area contributed by atoms with E-state index in [4.69, 9.17) is 23.2 Å². The van der Waals surface area contributed by atoms with Gasteiger partial charge >= 0.3 is 0 Å². The number of likely N-dealkylation sites (N-methyl/N-ethyl adjacent to an activating group) is 1. The molecule has 0 aliphatic carbocycles. The fourth-order valence-electron chi connectivity index (χ4n) is 2.20. The van der Waals surface area contributed by atoms with Gasteiger partial charge < -0.3 is 10.6 Å². The number of amides is 2. The molecule has 2 aromatic rings. The number of nitrogens with zero attached hydrogens (tertiary/aromatic N) is 1. The molecule has 0 bridgehead atoms. The topological polar surface area (TPSA) is 61.4 Å². The van der Waals surface area contributed by atoms with Gasteiger partial charge in [-0.2, -0.15) is 0 Å². The van der Waals surface area contributed by atoms with Crippen LogP contribution in [-0.2, 0) is 9.59 Å². The first-order valence-electron chi connectivity index (χ1n) is 7.90. The Balaban J connectivity index is 1.89. The van der Waals surface area contributed by atoms with Crippen LogP contribution in [0.5, 0.6) is 0 Å². The molecule has 8 heteroatoms. The van der Waals surface area contributed by atoms with Crippen molar-refractivity contribution in [3.05, 3.63) is 58.3 Å². The zero-order valence-electron chi connectivity index (χ0n) is 14.1. The Morgan fingerprint density at radius 3 is 2.23 bits per heavy atom. The summed E-state index contributed by atoms with van der Waals surface area (Å²) in [6.45, 7) is 2.36. The van der Waals surface area contributed by atoms with Crippen molar-refractivity contribution in [1.29, 1.82) is 0 Å². The van der Waals surface area contributed by atoms with Crippen molar-refractivity contribution in [2.75, 3.05) is 30.3 Å². The van der Waals surface area contributed by atoms with Gasteiger partial charge in [0.1, 0.15) is 5.82 Å². The fraction of sp³-hybridized carbons (Fsp3) is 0.222. The Kier molecular flexibility index (Phi) is 7.38. The Labute approximate surface area is 161 Å². The van der Waals surface area contributed by atoms with Gasteiger partial charge in [0.25, 0.3) is 0 Å². The molecule has 0 fully saturated rings. The number of carbonyl (C=O) groups is 2. The van der Waals surface area contributed by atoms with Crippen LogP contribution in [0.3, 0.4) is 0 Å². The van der Waals surface area contributed by atoms with Gasteiger partial charge in [0, 0.05) is 10.7 Å². The summed E-state index contributed by atoms with van der Waals surface area (Å²) in [5.74, 6) is -0.993. The van der Waals surface area contributed by atoms with Crippen LogP contribution in [-0.4, -0.2) is 36.3 Å². The van der Waals surface area contributed by atoms with E-state index in [0.717, 1.165) is 0 Å². The number of carbonyl (C=O) groups excluding carboxylic acids is 2. The largest absolute Gasteiger partial charge is 0.325 e. The van der Waals surface area contributed by atoms with E-state index in [1.807, 2.05) is 6.92 Å². The summed E-state index contributed by atoms with van der Waals surface area (Å²) in [4.78, 5) is 25.9. The van der Waals surface area contributed by atoms with Crippen LogP contribution in [0.15, 0.2) is 42.5 Å².